The van der Waals surface area contributed by atoms with E-state index in [9.17, 15) is 14.4 Å². The second-order valence-corrected chi connectivity index (χ2v) is 8.15. The molecule has 0 bridgehead atoms. The first-order valence-electron chi connectivity index (χ1n) is 11.4. The molecule has 1 heterocycles. The smallest absolute Gasteiger partial charge is 0.279 e. The number of nitrogens with zero attached hydrogens (tertiary/aromatic N) is 2. The maximum absolute atomic E-state index is 12.9. The van der Waals surface area contributed by atoms with Crippen LogP contribution in [0.25, 0.3) is 10.9 Å². The van der Waals surface area contributed by atoms with E-state index in [4.69, 9.17) is 9.47 Å². The van der Waals surface area contributed by atoms with Gasteiger partial charge in [-0.25, -0.2) is 4.98 Å². The van der Waals surface area contributed by atoms with Gasteiger partial charge in [0.2, 0.25) is 5.91 Å². The summed E-state index contributed by atoms with van der Waals surface area (Å²) in [6.45, 7) is 4.05. The average Bonchev–Trinajstić information content (AvgIpc) is 3.67. The lowest BCUT2D eigenvalue weighted by molar-refractivity contribution is -0.132. The molecule has 3 aromatic rings. The van der Waals surface area contributed by atoms with E-state index in [0.29, 0.717) is 34.8 Å². The minimum Gasteiger partial charge on any atom is -0.494 e. The third kappa shape index (κ3) is 5.54. The molecule has 1 aliphatic carbocycles. The zero-order valence-electron chi connectivity index (χ0n) is 19.2. The van der Waals surface area contributed by atoms with Crippen LogP contribution in [0, 0.1) is 0 Å². The van der Waals surface area contributed by atoms with E-state index >= 15 is 0 Å². The van der Waals surface area contributed by atoms with E-state index in [1.165, 1.54) is 0 Å². The van der Waals surface area contributed by atoms with Crippen LogP contribution in [-0.4, -0.2) is 34.1 Å². The Morgan fingerprint density at radius 3 is 2.50 bits per heavy atom. The van der Waals surface area contributed by atoms with Crippen molar-refractivity contribution in [3.05, 3.63) is 64.7 Å². The van der Waals surface area contributed by atoms with Crippen molar-refractivity contribution in [2.45, 2.75) is 51.7 Å². The molecule has 1 atom stereocenters. The molecule has 0 radical (unpaired) electrons. The van der Waals surface area contributed by atoms with E-state index in [1.54, 1.807) is 47.9 Å². The molecule has 1 unspecified atom stereocenters. The first-order chi connectivity index (χ1) is 16.5. The molecule has 0 aliphatic heterocycles. The Kier molecular flexibility index (Phi) is 7.10. The number of hydrogen-bond acceptors (Lipinski definition) is 6. The van der Waals surface area contributed by atoms with E-state index in [0.717, 1.165) is 12.8 Å². The highest BCUT2D eigenvalue weighted by molar-refractivity contribution is 5.84. The van der Waals surface area contributed by atoms with Gasteiger partial charge in [-0.3, -0.25) is 29.8 Å². The maximum Gasteiger partial charge on any atom is 0.279 e. The maximum atomic E-state index is 12.9. The van der Waals surface area contributed by atoms with Crippen molar-refractivity contribution in [3.8, 4) is 11.5 Å². The fourth-order valence-corrected chi connectivity index (χ4v) is 3.64. The average molecular weight is 465 g/mol. The SMILES string of the molecule is CCOc1ccc(OC(C)C(=O)NNC(=O)CCc2nc3ccccc3c(=O)n2C2CC2)cc1. The highest BCUT2D eigenvalue weighted by Gasteiger charge is 2.28. The quantitative estimate of drug-likeness (QED) is 0.471. The molecule has 0 spiro atoms. The molecular weight excluding hydrogens is 436 g/mol. The Bertz CT molecular complexity index is 1230. The number of para-hydroxylation sites is 1. The fraction of sp³-hybridized carbons (Fsp3) is 0.360. The molecule has 1 fully saturated rings. The van der Waals surface area contributed by atoms with Gasteiger partial charge in [-0.2, -0.15) is 0 Å². The lowest BCUT2D eigenvalue weighted by Gasteiger charge is -2.16. The number of hydrazine groups is 1. The zero-order chi connectivity index (χ0) is 24.1. The van der Waals surface area contributed by atoms with Crippen molar-refractivity contribution in [2.75, 3.05) is 6.61 Å². The van der Waals surface area contributed by atoms with E-state index in [-0.39, 0.29) is 30.3 Å². The topological polar surface area (TPSA) is 112 Å². The van der Waals surface area contributed by atoms with Crippen molar-refractivity contribution < 1.29 is 19.1 Å². The van der Waals surface area contributed by atoms with Gasteiger partial charge in [0.25, 0.3) is 11.5 Å². The van der Waals surface area contributed by atoms with Crippen molar-refractivity contribution in [2.24, 2.45) is 0 Å². The van der Waals surface area contributed by atoms with Crippen LogP contribution in [0.15, 0.2) is 53.3 Å². The van der Waals surface area contributed by atoms with Gasteiger partial charge in [-0.05, 0) is 63.1 Å². The van der Waals surface area contributed by atoms with Gasteiger partial charge in [0, 0.05) is 18.9 Å². The minimum absolute atomic E-state index is 0.0722. The van der Waals surface area contributed by atoms with E-state index in [1.807, 2.05) is 19.1 Å². The molecule has 0 saturated heterocycles. The van der Waals surface area contributed by atoms with Crippen LogP contribution < -0.4 is 25.9 Å². The number of nitrogens with one attached hydrogen (secondary N) is 2. The molecule has 34 heavy (non-hydrogen) atoms. The number of ether oxygens (including phenoxy) is 2. The third-order valence-electron chi connectivity index (χ3n) is 5.51. The van der Waals surface area contributed by atoms with Gasteiger partial charge in [0.1, 0.15) is 17.3 Å². The van der Waals surface area contributed by atoms with Crippen LogP contribution in [0.2, 0.25) is 0 Å². The lowest BCUT2D eigenvalue weighted by Crippen LogP contribution is -2.47. The number of carbonyl (C=O) groups excluding carboxylic acids is 2. The predicted molar refractivity (Wildman–Crippen MR) is 127 cm³/mol. The molecular formula is C25H28N4O5. The first-order valence-corrected chi connectivity index (χ1v) is 11.4. The molecule has 2 N–H and O–H groups in total. The summed E-state index contributed by atoms with van der Waals surface area (Å²) in [5.41, 5.74) is 5.34. The number of rotatable bonds is 9. The third-order valence-corrected chi connectivity index (χ3v) is 5.51. The number of aryl methyl sites for hydroxylation is 1. The number of fused-ring (bicyclic) bond motifs is 1. The fourth-order valence-electron chi connectivity index (χ4n) is 3.64. The van der Waals surface area contributed by atoms with Crippen LogP contribution in [0.1, 0.15) is 45.0 Å². The van der Waals surface area contributed by atoms with Crippen molar-refractivity contribution >= 4 is 22.7 Å². The highest BCUT2D eigenvalue weighted by atomic mass is 16.5. The highest BCUT2D eigenvalue weighted by Crippen LogP contribution is 2.34. The summed E-state index contributed by atoms with van der Waals surface area (Å²) >= 11 is 0. The second-order valence-electron chi connectivity index (χ2n) is 8.15. The van der Waals surface area contributed by atoms with Gasteiger partial charge < -0.3 is 9.47 Å². The number of benzene rings is 2. The van der Waals surface area contributed by atoms with Crippen molar-refractivity contribution in [3.63, 3.8) is 0 Å². The van der Waals surface area contributed by atoms with E-state index < -0.39 is 12.0 Å². The Hall–Kier alpha value is -3.88. The van der Waals surface area contributed by atoms with Crippen LogP contribution in [0.5, 0.6) is 11.5 Å². The molecule has 4 rings (SSSR count). The summed E-state index contributed by atoms with van der Waals surface area (Å²) < 4.78 is 12.7. The summed E-state index contributed by atoms with van der Waals surface area (Å²) in [7, 11) is 0. The Balaban J connectivity index is 1.30. The van der Waals surface area contributed by atoms with Crippen molar-refractivity contribution in [1.82, 2.24) is 20.4 Å². The number of amides is 2. The summed E-state index contributed by atoms with van der Waals surface area (Å²) in [6.07, 6.45) is 1.41. The molecule has 1 saturated carbocycles. The van der Waals surface area contributed by atoms with Crippen molar-refractivity contribution in [1.29, 1.82) is 0 Å². The van der Waals surface area contributed by atoms with Crippen LogP contribution in [0.4, 0.5) is 0 Å². The van der Waals surface area contributed by atoms with E-state index in [2.05, 4.69) is 15.8 Å². The summed E-state index contributed by atoms with van der Waals surface area (Å²) in [5, 5.41) is 0.580. The van der Waals surface area contributed by atoms with Gasteiger partial charge in [-0.1, -0.05) is 12.1 Å². The lowest BCUT2D eigenvalue weighted by atomic mass is 10.2. The van der Waals surface area contributed by atoms with Gasteiger partial charge in [-0.15, -0.1) is 0 Å². The summed E-state index contributed by atoms with van der Waals surface area (Å²) in [4.78, 5) is 42.2. The minimum atomic E-state index is -0.819. The Labute approximate surface area is 197 Å². The molecule has 9 heteroatoms. The predicted octanol–water partition coefficient (Wildman–Crippen LogP) is 2.68. The van der Waals surface area contributed by atoms with Crippen LogP contribution in [-0.2, 0) is 16.0 Å². The normalized spacial score (nSPS) is 13.8. The van der Waals surface area contributed by atoms with Gasteiger partial charge in [0.05, 0.1) is 17.5 Å². The Morgan fingerprint density at radius 1 is 1.09 bits per heavy atom. The monoisotopic (exact) mass is 464 g/mol. The Morgan fingerprint density at radius 2 is 1.79 bits per heavy atom. The van der Waals surface area contributed by atoms with Crippen LogP contribution >= 0.6 is 0 Å². The molecule has 178 valence electrons. The first kappa shape index (κ1) is 23.3. The second kappa shape index (κ2) is 10.4. The number of carbonyl (C=O) groups is 2. The molecule has 9 nitrogen and oxygen atoms in total. The van der Waals surface area contributed by atoms with Gasteiger partial charge in [0.15, 0.2) is 6.10 Å². The zero-order valence-corrected chi connectivity index (χ0v) is 19.2. The molecule has 1 aliphatic rings. The van der Waals surface area contributed by atoms with Crippen LogP contribution in [0.3, 0.4) is 0 Å². The largest absolute Gasteiger partial charge is 0.494 e. The molecule has 2 aromatic carbocycles. The summed E-state index contributed by atoms with van der Waals surface area (Å²) in [6, 6.07) is 14.3. The van der Waals surface area contributed by atoms with Gasteiger partial charge >= 0.3 is 0 Å². The standard InChI is InChI=1S/C25H28N4O5/c1-3-33-18-10-12-19(13-11-18)34-16(2)24(31)28-27-23(30)15-14-22-26-21-7-5-4-6-20(21)25(32)29(22)17-8-9-17/h4-7,10-13,16-17H,3,8-9,14-15H2,1-2H3,(H,27,30)(H,28,31). The number of hydrogen-bond donors (Lipinski definition) is 2. The molecule has 2 amide bonds. The summed E-state index contributed by atoms with van der Waals surface area (Å²) in [5.74, 6) is 0.942. The number of aromatic nitrogens is 2. The molecule has 1 aromatic heterocycles.